The molecule has 0 bridgehead atoms. The minimum absolute atomic E-state index is 0.0130. The van der Waals surface area contributed by atoms with Crippen LogP contribution in [0.2, 0.25) is 5.02 Å². The molecule has 94 valence electrons. The highest BCUT2D eigenvalue weighted by Gasteiger charge is 2.24. The van der Waals surface area contributed by atoms with Gasteiger partial charge in [-0.1, -0.05) is 24.1 Å². The molecule has 1 aliphatic carbocycles. The van der Waals surface area contributed by atoms with E-state index in [4.69, 9.17) is 17.3 Å². The fourth-order valence-corrected chi connectivity index (χ4v) is 3.59. The lowest BCUT2D eigenvalue weighted by Gasteiger charge is -2.25. The summed E-state index contributed by atoms with van der Waals surface area (Å²) in [5.74, 6) is 0.452. The van der Waals surface area contributed by atoms with E-state index in [0.717, 1.165) is 12.8 Å². The molecule has 0 radical (unpaired) electrons. The number of nitrogens with one attached hydrogen (secondary N) is 1. The molecule has 0 atom stereocenters. The van der Waals surface area contributed by atoms with E-state index < -0.39 is 10.0 Å². The highest BCUT2D eigenvalue weighted by Crippen LogP contribution is 2.29. The standard InChI is InChI=1S/C11H15ClN2O2S/c12-9-5-2-6-10(13)11(9)17(15,16)14-7-8-3-1-4-8/h2,5-6,8,14H,1,3-4,7,13H2. The fraction of sp³-hybridized carbons (Fsp3) is 0.455. The summed E-state index contributed by atoms with van der Waals surface area (Å²) < 4.78 is 26.7. The molecule has 0 saturated heterocycles. The molecule has 0 spiro atoms. The van der Waals surface area contributed by atoms with Crippen LogP contribution < -0.4 is 10.5 Å². The summed E-state index contributed by atoms with van der Waals surface area (Å²) in [6, 6.07) is 4.68. The summed E-state index contributed by atoms with van der Waals surface area (Å²) in [5, 5.41) is 0.158. The van der Waals surface area contributed by atoms with Crippen molar-refractivity contribution in [3.8, 4) is 0 Å². The van der Waals surface area contributed by atoms with Crippen LogP contribution in [-0.4, -0.2) is 15.0 Å². The Bertz CT molecular complexity index is 492. The molecule has 0 unspecified atom stereocenters. The van der Waals surface area contributed by atoms with E-state index in [1.807, 2.05) is 0 Å². The van der Waals surface area contributed by atoms with Gasteiger partial charge in [0.05, 0.1) is 10.7 Å². The first-order chi connectivity index (χ1) is 8.00. The maximum atomic E-state index is 12.0. The van der Waals surface area contributed by atoms with Gasteiger partial charge in [-0.05, 0) is 30.9 Å². The quantitative estimate of drug-likeness (QED) is 0.825. The average molecular weight is 275 g/mol. The molecule has 0 amide bonds. The molecule has 2 rings (SSSR count). The first-order valence-electron chi connectivity index (χ1n) is 5.54. The van der Waals surface area contributed by atoms with Gasteiger partial charge in [-0.25, -0.2) is 13.1 Å². The van der Waals surface area contributed by atoms with Crippen molar-refractivity contribution < 1.29 is 8.42 Å². The van der Waals surface area contributed by atoms with E-state index in [1.165, 1.54) is 18.6 Å². The van der Waals surface area contributed by atoms with E-state index in [0.29, 0.717) is 12.5 Å². The van der Waals surface area contributed by atoms with Gasteiger partial charge >= 0.3 is 0 Å². The van der Waals surface area contributed by atoms with Crippen LogP contribution in [-0.2, 0) is 10.0 Å². The van der Waals surface area contributed by atoms with Crippen LogP contribution in [0.4, 0.5) is 5.69 Å². The zero-order chi connectivity index (χ0) is 12.5. The first-order valence-corrected chi connectivity index (χ1v) is 7.40. The van der Waals surface area contributed by atoms with Crippen LogP contribution in [0, 0.1) is 5.92 Å². The summed E-state index contributed by atoms with van der Waals surface area (Å²) in [6.07, 6.45) is 3.35. The van der Waals surface area contributed by atoms with Gasteiger partial charge in [0, 0.05) is 6.54 Å². The predicted octanol–water partition coefficient (Wildman–Crippen LogP) is 2.00. The molecule has 1 aromatic carbocycles. The van der Waals surface area contributed by atoms with E-state index in [1.54, 1.807) is 6.07 Å². The van der Waals surface area contributed by atoms with Gasteiger partial charge in [-0.2, -0.15) is 0 Å². The van der Waals surface area contributed by atoms with E-state index in [2.05, 4.69) is 4.72 Å². The van der Waals surface area contributed by atoms with Gasteiger partial charge < -0.3 is 5.73 Å². The maximum absolute atomic E-state index is 12.0. The molecule has 4 nitrogen and oxygen atoms in total. The van der Waals surface area contributed by atoms with Gasteiger partial charge in [0.2, 0.25) is 10.0 Å². The minimum atomic E-state index is -3.60. The summed E-state index contributed by atoms with van der Waals surface area (Å²) in [4.78, 5) is -0.0130. The largest absolute Gasteiger partial charge is 0.398 e. The van der Waals surface area contributed by atoms with E-state index in [-0.39, 0.29) is 15.6 Å². The van der Waals surface area contributed by atoms with E-state index in [9.17, 15) is 8.42 Å². The smallest absolute Gasteiger partial charge is 0.244 e. The van der Waals surface area contributed by atoms with E-state index >= 15 is 0 Å². The molecule has 0 aromatic heterocycles. The fourth-order valence-electron chi connectivity index (χ4n) is 1.81. The lowest BCUT2D eigenvalue weighted by molar-refractivity contribution is 0.316. The summed E-state index contributed by atoms with van der Waals surface area (Å²) in [6.45, 7) is 0.465. The molecule has 17 heavy (non-hydrogen) atoms. The Morgan fingerprint density at radius 2 is 2.12 bits per heavy atom. The van der Waals surface area contributed by atoms with Crippen molar-refractivity contribution in [3.05, 3.63) is 23.2 Å². The van der Waals surface area contributed by atoms with Crippen molar-refractivity contribution in [3.63, 3.8) is 0 Å². The van der Waals surface area contributed by atoms with Crippen LogP contribution in [0.15, 0.2) is 23.1 Å². The first kappa shape index (κ1) is 12.7. The van der Waals surface area contributed by atoms with Crippen molar-refractivity contribution in [2.75, 3.05) is 12.3 Å². The molecule has 1 saturated carbocycles. The highest BCUT2D eigenvalue weighted by molar-refractivity contribution is 7.89. The number of nitrogens with two attached hydrogens (primary N) is 1. The monoisotopic (exact) mass is 274 g/mol. The average Bonchev–Trinajstić information content (AvgIpc) is 2.13. The third-order valence-electron chi connectivity index (χ3n) is 3.05. The van der Waals surface area contributed by atoms with Gasteiger partial charge in [0.25, 0.3) is 0 Å². The molecule has 3 N–H and O–H groups in total. The zero-order valence-electron chi connectivity index (χ0n) is 9.32. The second kappa shape index (κ2) is 4.84. The molecule has 0 aliphatic heterocycles. The summed E-state index contributed by atoms with van der Waals surface area (Å²) in [7, 11) is -3.60. The Morgan fingerprint density at radius 1 is 1.41 bits per heavy atom. The van der Waals surface area contributed by atoms with Crippen LogP contribution in [0.5, 0.6) is 0 Å². The molecule has 1 aromatic rings. The molecule has 1 aliphatic rings. The summed E-state index contributed by atoms with van der Waals surface area (Å²) >= 11 is 5.88. The second-order valence-corrected chi connectivity index (χ2v) is 6.42. The lowest BCUT2D eigenvalue weighted by atomic mass is 9.86. The Morgan fingerprint density at radius 3 is 2.65 bits per heavy atom. The van der Waals surface area contributed by atoms with Gasteiger partial charge in [0.15, 0.2) is 0 Å². The molecular formula is C11H15ClN2O2S. The van der Waals surface area contributed by atoms with Crippen molar-refractivity contribution in [1.82, 2.24) is 4.72 Å². The third kappa shape index (κ3) is 2.73. The third-order valence-corrected chi connectivity index (χ3v) is 5.02. The molecular weight excluding hydrogens is 260 g/mol. The van der Waals surface area contributed by atoms with Crippen LogP contribution in [0.3, 0.4) is 0 Å². The number of anilines is 1. The van der Waals surface area contributed by atoms with Crippen molar-refractivity contribution in [2.45, 2.75) is 24.2 Å². The number of halogens is 1. The highest BCUT2D eigenvalue weighted by atomic mass is 35.5. The number of sulfonamides is 1. The number of hydrogen-bond acceptors (Lipinski definition) is 3. The SMILES string of the molecule is Nc1cccc(Cl)c1S(=O)(=O)NCC1CCC1. The number of hydrogen-bond donors (Lipinski definition) is 2. The lowest BCUT2D eigenvalue weighted by Crippen LogP contribution is -2.32. The minimum Gasteiger partial charge on any atom is -0.398 e. The van der Waals surface area contributed by atoms with Gasteiger partial charge in [0.1, 0.15) is 4.90 Å². The zero-order valence-corrected chi connectivity index (χ0v) is 10.9. The predicted molar refractivity (Wildman–Crippen MR) is 68.4 cm³/mol. The van der Waals surface area contributed by atoms with Crippen molar-refractivity contribution >= 4 is 27.3 Å². The Hall–Kier alpha value is -0.780. The number of nitrogen functional groups attached to an aromatic ring is 1. The Balaban J connectivity index is 2.18. The normalized spacial score (nSPS) is 16.8. The molecule has 1 fully saturated rings. The van der Waals surface area contributed by atoms with Crippen molar-refractivity contribution in [1.29, 1.82) is 0 Å². The number of benzene rings is 1. The topological polar surface area (TPSA) is 72.2 Å². The number of rotatable bonds is 4. The van der Waals surface area contributed by atoms with Gasteiger partial charge in [-0.15, -0.1) is 0 Å². The molecule has 0 heterocycles. The van der Waals surface area contributed by atoms with Crippen LogP contribution in [0.1, 0.15) is 19.3 Å². The second-order valence-electron chi connectivity index (χ2n) is 4.31. The molecule has 6 heteroatoms. The maximum Gasteiger partial charge on any atom is 0.244 e. The van der Waals surface area contributed by atoms with Crippen LogP contribution >= 0.6 is 11.6 Å². The van der Waals surface area contributed by atoms with Crippen molar-refractivity contribution in [2.24, 2.45) is 5.92 Å². The van der Waals surface area contributed by atoms with Gasteiger partial charge in [-0.3, -0.25) is 0 Å². The Labute approximate surface area is 106 Å². The van der Waals surface area contributed by atoms with Crippen LogP contribution in [0.25, 0.3) is 0 Å². The Kier molecular flexibility index (Phi) is 3.61. The summed E-state index contributed by atoms with van der Waals surface area (Å²) in [5.41, 5.74) is 5.84.